The van der Waals surface area contributed by atoms with Gasteiger partial charge in [0, 0.05) is 18.2 Å². The van der Waals surface area contributed by atoms with E-state index in [0.29, 0.717) is 24.2 Å². The van der Waals surface area contributed by atoms with Crippen LogP contribution in [0.3, 0.4) is 0 Å². The number of ether oxygens (including phenoxy) is 1. The van der Waals surface area contributed by atoms with Crippen molar-refractivity contribution in [2.75, 3.05) is 0 Å². The standard InChI is InChI=1S/C17H17N3O2/c1-11-16(20-15(21)5-4-8-19-20)13-9-12(10-18)6-7-14(13)22-17(11,2)3/h6-9H,4-5H2,1-3H3. The summed E-state index contributed by atoms with van der Waals surface area (Å²) in [5.41, 5.74) is 2.37. The quantitative estimate of drug-likeness (QED) is 0.799. The molecular weight excluding hydrogens is 278 g/mol. The molecule has 0 fully saturated rings. The Bertz CT molecular complexity index is 754. The van der Waals surface area contributed by atoms with Crippen LogP contribution in [0.25, 0.3) is 5.70 Å². The van der Waals surface area contributed by atoms with Crippen molar-refractivity contribution >= 4 is 17.8 Å². The monoisotopic (exact) mass is 295 g/mol. The summed E-state index contributed by atoms with van der Waals surface area (Å²) in [7, 11) is 0. The first-order valence-electron chi connectivity index (χ1n) is 7.24. The number of carbonyl (C=O) groups excluding carboxylic acids is 1. The summed E-state index contributed by atoms with van der Waals surface area (Å²) in [6.07, 6.45) is 2.85. The molecule has 0 radical (unpaired) electrons. The van der Waals surface area contributed by atoms with Gasteiger partial charge in [0.2, 0.25) is 5.91 Å². The van der Waals surface area contributed by atoms with Crippen molar-refractivity contribution in [1.29, 1.82) is 5.26 Å². The summed E-state index contributed by atoms with van der Waals surface area (Å²) in [4.78, 5) is 12.3. The third-order valence-corrected chi connectivity index (χ3v) is 4.12. The summed E-state index contributed by atoms with van der Waals surface area (Å²) in [6.45, 7) is 5.86. The zero-order valence-electron chi connectivity index (χ0n) is 12.9. The number of hydrogen-bond donors (Lipinski definition) is 0. The van der Waals surface area contributed by atoms with Gasteiger partial charge in [-0.25, -0.2) is 5.01 Å². The number of fused-ring (bicyclic) bond motifs is 1. The van der Waals surface area contributed by atoms with Crippen molar-refractivity contribution in [3.63, 3.8) is 0 Å². The maximum atomic E-state index is 12.3. The van der Waals surface area contributed by atoms with Gasteiger partial charge in [-0.3, -0.25) is 4.79 Å². The lowest BCUT2D eigenvalue weighted by Gasteiger charge is -2.38. The van der Waals surface area contributed by atoms with Crippen molar-refractivity contribution in [2.24, 2.45) is 5.10 Å². The molecule has 0 spiro atoms. The molecule has 0 atom stereocenters. The number of hydrogen-bond acceptors (Lipinski definition) is 4. The SMILES string of the molecule is CC1=C(N2N=CCCC2=O)c2cc(C#N)ccc2OC1(C)C. The first-order valence-corrected chi connectivity index (χ1v) is 7.24. The number of nitrogens with zero attached hydrogens (tertiary/aromatic N) is 3. The van der Waals surface area contributed by atoms with E-state index in [1.54, 1.807) is 24.4 Å². The summed E-state index contributed by atoms with van der Waals surface area (Å²) in [5, 5.41) is 14.9. The van der Waals surface area contributed by atoms with Crippen LogP contribution in [0.2, 0.25) is 0 Å². The third-order valence-electron chi connectivity index (χ3n) is 4.12. The maximum Gasteiger partial charge on any atom is 0.247 e. The van der Waals surface area contributed by atoms with Gasteiger partial charge in [0.1, 0.15) is 11.4 Å². The topological polar surface area (TPSA) is 65.7 Å². The van der Waals surface area contributed by atoms with Crippen molar-refractivity contribution in [3.05, 3.63) is 34.9 Å². The van der Waals surface area contributed by atoms with Crippen LogP contribution in [0.15, 0.2) is 28.9 Å². The van der Waals surface area contributed by atoms with Crippen LogP contribution in [-0.4, -0.2) is 22.7 Å². The molecule has 1 aromatic rings. The fraction of sp³-hybridized carbons (Fsp3) is 0.353. The highest BCUT2D eigenvalue weighted by molar-refractivity contribution is 5.93. The summed E-state index contributed by atoms with van der Waals surface area (Å²) in [5.74, 6) is 0.626. The highest BCUT2D eigenvalue weighted by atomic mass is 16.5. The Kier molecular flexibility index (Phi) is 3.25. The van der Waals surface area contributed by atoms with Gasteiger partial charge in [-0.1, -0.05) is 0 Å². The number of nitriles is 1. The summed E-state index contributed by atoms with van der Waals surface area (Å²) < 4.78 is 6.03. The average Bonchev–Trinajstić information content (AvgIpc) is 2.49. The molecule has 0 bridgehead atoms. The molecular formula is C17H17N3O2. The summed E-state index contributed by atoms with van der Waals surface area (Å²) in [6, 6.07) is 7.37. The van der Waals surface area contributed by atoms with Crippen LogP contribution >= 0.6 is 0 Å². The zero-order valence-corrected chi connectivity index (χ0v) is 12.9. The average molecular weight is 295 g/mol. The second-order valence-corrected chi connectivity index (χ2v) is 5.95. The smallest absolute Gasteiger partial charge is 0.247 e. The number of rotatable bonds is 1. The van der Waals surface area contributed by atoms with E-state index in [9.17, 15) is 4.79 Å². The molecule has 0 saturated carbocycles. The second kappa shape index (κ2) is 4.99. The number of benzene rings is 1. The van der Waals surface area contributed by atoms with Crippen LogP contribution in [-0.2, 0) is 4.79 Å². The molecule has 5 heteroatoms. The molecule has 1 amide bonds. The van der Waals surface area contributed by atoms with Gasteiger partial charge in [-0.15, -0.1) is 0 Å². The predicted octanol–water partition coefficient (Wildman–Crippen LogP) is 3.07. The lowest BCUT2D eigenvalue weighted by atomic mass is 9.89. The van der Waals surface area contributed by atoms with E-state index >= 15 is 0 Å². The van der Waals surface area contributed by atoms with Gasteiger partial charge in [-0.05, 0) is 51.0 Å². The molecule has 0 aliphatic carbocycles. The zero-order chi connectivity index (χ0) is 15.9. The molecule has 2 heterocycles. The molecule has 112 valence electrons. The van der Waals surface area contributed by atoms with Crippen LogP contribution in [0.5, 0.6) is 5.75 Å². The highest BCUT2D eigenvalue weighted by Crippen LogP contribution is 2.43. The van der Waals surface area contributed by atoms with Crippen molar-refractivity contribution in [3.8, 4) is 11.8 Å². The van der Waals surface area contributed by atoms with E-state index in [4.69, 9.17) is 10.00 Å². The van der Waals surface area contributed by atoms with Gasteiger partial charge in [-0.2, -0.15) is 10.4 Å². The molecule has 2 aliphatic rings. The van der Waals surface area contributed by atoms with Crippen LogP contribution in [0.1, 0.15) is 44.7 Å². The minimum atomic E-state index is -0.538. The fourth-order valence-electron chi connectivity index (χ4n) is 2.67. The van der Waals surface area contributed by atoms with E-state index < -0.39 is 5.60 Å². The van der Waals surface area contributed by atoms with E-state index in [0.717, 1.165) is 16.8 Å². The van der Waals surface area contributed by atoms with E-state index in [-0.39, 0.29) is 5.91 Å². The summed E-state index contributed by atoms with van der Waals surface area (Å²) >= 11 is 0. The van der Waals surface area contributed by atoms with Crippen molar-refractivity contribution < 1.29 is 9.53 Å². The lowest BCUT2D eigenvalue weighted by Crippen LogP contribution is -2.38. The molecule has 5 nitrogen and oxygen atoms in total. The molecule has 1 aromatic carbocycles. The number of carbonyl (C=O) groups is 1. The molecule has 2 aliphatic heterocycles. The minimum absolute atomic E-state index is 0.0390. The van der Waals surface area contributed by atoms with Crippen molar-refractivity contribution in [2.45, 2.75) is 39.2 Å². The largest absolute Gasteiger partial charge is 0.483 e. The van der Waals surface area contributed by atoms with Gasteiger partial charge < -0.3 is 4.74 Å². The van der Waals surface area contributed by atoms with Gasteiger partial charge in [0.15, 0.2) is 0 Å². The molecule has 0 aromatic heterocycles. The third kappa shape index (κ3) is 2.17. The second-order valence-electron chi connectivity index (χ2n) is 5.95. The van der Waals surface area contributed by atoms with E-state index in [1.807, 2.05) is 20.8 Å². The Morgan fingerprint density at radius 2 is 2.18 bits per heavy atom. The van der Waals surface area contributed by atoms with E-state index in [2.05, 4.69) is 11.2 Å². The molecule has 0 saturated heterocycles. The first-order chi connectivity index (χ1) is 10.4. The Hall–Kier alpha value is -2.61. The fourth-order valence-corrected chi connectivity index (χ4v) is 2.67. The lowest BCUT2D eigenvalue weighted by molar-refractivity contribution is -0.128. The normalized spacial score (nSPS) is 19.5. The van der Waals surface area contributed by atoms with Crippen molar-refractivity contribution in [1.82, 2.24) is 5.01 Å². The van der Waals surface area contributed by atoms with Crippen LogP contribution in [0.4, 0.5) is 0 Å². The molecule has 0 unspecified atom stereocenters. The molecule has 0 N–H and O–H groups in total. The van der Waals surface area contributed by atoms with E-state index in [1.165, 1.54) is 5.01 Å². The maximum absolute atomic E-state index is 12.3. The highest BCUT2D eigenvalue weighted by Gasteiger charge is 2.37. The number of amides is 1. The van der Waals surface area contributed by atoms with Crippen LogP contribution in [0, 0.1) is 11.3 Å². The Balaban J connectivity index is 2.24. The van der Waals surface area contributed by atoms with Gasteiger partial charge in [0.05, 0.1) is 17.3 Å². The van der Waals surface area contributed by atoms with Gasteiger partial charge in [0.25, 0.3) is 0 Å². The molecule has 22 heavy (non-hydrogen) atoms. The van der Waals surface area contributed by atoms with Gasteiger partial charge >= 0.3 is 0 Å². The Morgan fingerprint density at radius 3 is 2.86 bits per heavy atom. The first kappa shape index (κ1) is 14.3. The Morgan fingerprint density at radius 1 is 1.41 bits per heavy atom. The van der Waals surface area contributed by atoms with Crippen LogP contribution < -0.4 is 4.74 Å². The predicted molar refractivity (Wildman–Crippen MR) is 83.0 cm³/mol. The minimum Gasteiger partial charge on any atom is -0.483 e. The Labute approximate surface area is 129 Å². The number of hydrazone groups is 1. The molecule has 3 rings (SSSR count).